The second kappa shape index (κ2) is 8.91. The minimum absolute atomic E-state index is 0.0432. The molecule has 0 atom stereocenters. The van der Waals surface area contributed by atoms with E-state index in [1.165, 1.54) is 13.2 Å². The molecule has 2 aromatic rings. The topological polar surface area (TPSA) is 95.1 Å². The molecule has 0 fully saturated rings. The van der Waals surface area contributed by atoms with Gasteiger partial charge in [-0.3, -0.25) is 4.79 Å². The summed E-state index contributed by atoms with van der Waals surface area (Å²) in [5, 5.41) is 20.6. The van der Waals surface area contributed by atoms with Crippen LogP contribution < -0.4 is 14.8 Å². The van der Waals surface area contributed by atoms with Crippen molar-refractivity contribution in [3.8, 4) is 23.6 Å². The van der Waals surface area contributed by atoms with Crippen LogP contribution in [-0.4, -0.2) is 19.6 Å². The Hall–Kier alpha value is -3.77. The molecule has 0 aliphatic heterocycles. The molecule has 0 radical (unpaired) electrons. The summed E-state index contributed by atoms with van der Waals surface area (Å²) < 4.78 is 10.5. The molecule has 1 N–H and O–H groups in total. The molecule has 2 rings (SSSR count). The molecule has 0 aliphatic rings. The maximum absolute atomic E-state index is 12.3. The Morgan fingerprint density at radius 1 is 1.15 bits per heavy atom. The lowest BCUT2D eigenvalue weighted by atomic mass is 10.1. The summed E-state index contributed by atoms with van der Waals surface area (Å²) in [5.41, 5.74) is 2.24. The predicted molar refractivity (Wildman–Crippen MR) is 97.5 cm³/mol. The van der Waals surface area contributed by atoms with Crippen molar-refractivity contribution < 1.29 is 14.3 Å². The number of carbonyl (C=O) groups is 1. The standard InChI is InChI=1S/C20H17N3O3/c1-14-3-6-17(7-4-14)23-20(24)16(13-22)11-15-5-8-18(26-10-9-21)19(12-15)25-2/h3-8,11-12H,10H2,1-2H3,(H,23,24). The first kappa shape index (κ1) is 18.6. The molecular formula is C20H17N3O3. The molecule has 130 valence electrons. The van der Waals surface area contributed by atoms with Crippen LogP contribution in [0.2, 0.25) is 0 Å². The molecule has 0 saturated carbocycles. The molecule has 0 saturated heterocycles. The third-order valence-corrected chi connectivity index (χ3v) is 3.47. The number of rotatable bonds is 6. The Morgan fingerprint density at radius 3 is 2.50 bits per heavy atom. The smallest absolute Gasteiger partial charge is 0.266 e. The monoisotopic (exact) mass is 347 g/mol. The van der Waals surface area contributed by atoms with E-state index in [9.17, 15) is 10.1 Å². The number of amides is 1. The number of benzene rings is 2. The van der Waals surface area contributed by atoms with Crippen molar-refractivity contribution in [3.05, 3.63) is 59.2 Å². The van der Waals surface area contributed by atoms with E-state index in [0.29, 0.717) is 22.7 Å². The summed E-state index contributed by atoms with van der Waals surface area (Å²) in [6.07, 6.45) is 1.46. The molecule has 0 bridgehead atoms. The number of methoxy groups -OCH3 is 1. The fourth-order valence-corrected chi connectivity index (χ4v) is 2.15. The number of nitrogens with zero attached hydrogens (tertiary/aromatic N) is 2. The van der Waals surface area contributed by atoms with Crippen molar-refractivity contribution in [2.45, 2.75) is 6.92 Å². The van der Waals surface area contributed by atoms with E-state index in [-0.39, 0.29) is 12.2 Å². The summed E-state index contributed by atoms with van der Waals surface area (Å²) in [4.78, 5) is 12.3. The van der Waals surface area contributed by atoms with Crippen molar-refractivity contribution in [2.24, 2.45) is 0 Å². The largest absolute Gasteiger partial charge is 0.493 e. The molecule has 0 aromatic heterocycles. The van der Waals surface area contributed by atoms with Gasteiger partial charge in [-0.05, 0) is 42.8 Å². The summed E-state index contributed by atoms with van der Waals surface area (Å²) in [6.45, 7) is 1.84. The molecular weight excluding hydrogens is 330 g/mol. The van der Waals surface area contributed by atoms with Crippen LogP contribution in [0.25, 0.3) is 6.08 Å². The predicted octanol–water partition coefficient (Wildman–Crippen LogP) is 3.45. The Bertz CT molecular complexity index is 903. The molecule has 0 aliphatic carbocycles. The molecule has 6 nitrogen and oxygen atoms in total. The average molecular weight is 347 g/mol. The number of nitriles is 2. The van der Waals surface area contributed by atoms with E-state index >= 15 is 0 Å². The van der Waals surface area contributed by atoms with Gasteiger partial charge in [0.25, 0.3) is 5.91 Å². The SMILES string of the molecule is COc1cc(C=C(C#N)C(=O)Nc2ccc(C)cc2)ccc1OCC#N. The third-order valence-electron chi connectivity index (χ3n) is 3.47. The lowest BCUT2D eigenvalue weighted by Crippen LogP contribution is -2.13. The van der Waals surface area contributed by atoms with E-state index in [1.54, 1.807) is 30.3 Å². The number of hydrogen-bond acceptors (Lipinski definition) is 5. The summed E-state index contributed by atoms with van der Waals surface area (Å²) in [5.74, 6) is 0.319. The van der Waals surface area contributed by atoms with Gasteiger partial charge in [-0.1, -0.05) is 23.8 Å². The van der Waals surface area contributed by atoms with Gasteiger partial charge in [0.15, 0.2) is 18.1 Å². The summed E-state index contributed by atoms with van der Waals surface area (Å²) >= 11 is 0. The normalized spacial score (nSPS) is 10.4. The first-order chi connectivity index (χ1) is 12.6. The number of nitrogens with one attached hydrogen (secondary N) is 1. The lowest BCUT2D eigenvalue weighted by molar-refractivity contribution is -0.112. The maximum Gasteiger partial charge on any atom is 0.266 e. The van der Waals surface area contributed by atoms with Gasteiger partial charge in [-0.2, -0.15) is 10.5 Å². The van der Waals surface area contributed by atoms with Crippen molar-refractivity contribution >= 4 is 17.7 Å². The minimum atomic E-state index is -0.500. The Balaban J connectivity index is 2.22. The van der Waals surface area contributed by atoms with Crippen LogP contribution in [0, 0.1) is 29.6 Å². The molecule has 2 aromatic carbocycles. The highest BCUT2D eigenvalue weighted by atomic mass is 16.5. The van der Waals surface area contributed by atoms with Crippen molar-refractivity contribution in [1.82, 2.24) is 0 Å². The van der Waals surface area contributed by atoms with Gasteiger partial charge in [-0.25, -0.2) is 0 Å². The van der Waals surface area contributed by atoms with Gasteiger partial charge in [0.1, 0.15) is 17.7 Å². The Kier molecular flexibility index (Phi) is 6.36. The van der Waals surface area contributed by atoms with Crippen molar-refractivity contribution in [1.29, 1.82) is 10.5 Å². The fraction of sp³-hybridized carbons (Fsp3) is 0.150. The maximum atomic E-state index is 12.3. The van der Waals surface area contributed by atoms with Crippen molar-refractivity contribution in [3.63, 3.8) is 0 Å². The number of anilines is 1. The van der Waals surface area contributed by atoms with E-state index in [0.717, 1.165) is 5.56 Å². The number of carbonyl (C=O) groups excluding carboxylic acids is 1. The Morgan fingerprint density at radius 2 is 1.88 bits per heavy atom. The number of aryl methyl sites for hydroxylation is 1. The van der Waals surface area contributed by atoms with Crippen LogP contribution in [0.15, 0.2) is 48.0 Å². The van der Waals surface area contributed by atoms with Crippen LogP contribution in [0.5, 0.6) is 11.5 Å². The molecule has 26 heavy (non-hydrogen) atoms. The molecule has 0 heterocycles. The first-order valence-electron chi connectivity index (χ1n) is 7.75. The molecule has 0 unspecified atom stereocenters. The van der Waals surface area contributed by atoms with Gasteiger partial charge >= 0.3 is 0 Å². The van der Waals surface area contributed by atoms with E-state index in [2.05, 4.69) is 5.32 Å². The minimum Gasteiger partial charge on any atom is -0.493 e. The molecule has 6 heteroatoms. The van der Waals surface area contributed by atoms with E-state index in [4.69, 9.17) is 14.7 Å². The Labute approximate surface area is 151 Å². The zero-order chi connectivity index (χ0) is 18.9. The van der Waals surface area contributed by atoms with Gasteiger partial charge in [0, 0.05) is 5.69 Å². The highest BCUT2D eigenvalue weighted by molar-refractivity contribution is 6.09. The van der Waals surface area contributed by atoms with Crippen molar-refractivity contribution in [2.75, 3.05) is 19.0 Å². The van der Waals surface area contributed by atoms with E-state index < -0.39 is 5.91 Å². The van der Waals surface area contributed by atoms with Gasteiger partial charge in [0.2, 0.25) is 0 Å². The highest BCUT2D eigenvalue weighted by Gasteiger charge is 2.11. The fourth-order valence-electron chi connectivity index (χ4n) is 2.15. The second-order valence-electron chi connectivity index (χ2n) is 5.35. The molecule has 1 amide bonds. The second-order valence-corrected chi connectivity index (χ2v) is 5.35. The summed E-state index contributed by atoms with van der Waals surface area (Å²) in [7, 11) is 1.47. The average Bonchev–Trinajstić information content (AvgIpc) is 2.66. The van der Waals surface area contributed by atoms with Crippen LogP contribution >= 0.6 is 0 Å². The van der Waals surface area contributed by atoms with Crippen LogP contribution in [0.1, 0.15) is 11.1 Å². The highest BCUT2D eigenvalue weighted by Crippen LogP contribution is 2.29. The zero-order valence-electron chi connectivity index (χ0n) is 14.4. The lowest BCUT2D eigenvalue weighted by Gasteiger charge is -2.09. The number of hydrogen-bond donors (Lipinski definition) is 1. The number of ether oxygens (including phenoxy) is 2. The zero-order valence-corrected chi connectivity index (χ0v) is 14.4. The third kappa shape index (κ3) is 4.86. The van der Waals surface area contributed by atoms with Crippen LogP contribution in [0.4, 0.5) is 5.69 Å². The van der Waals surface area contributed by atoms with Gasteiger partial charge in [0.05, 0.1) is 7.11 Å². The first-order valence-corrected chi connectivity index (χ1v) is 7.75. The van der Waals surface area contributed by atoms with Crippen LogP contribution in [-0.2, 0) is 4.79 Å². The molecule has 0 spiro atoms. The quantitative estimate of drug-likeness (QED) is 0.638. The summed E-state index contributed by atoms with van der Waals surface area (Å²) in [6, 6.07) is 16.0. The van der Waals surface area contributed by atoms with Gasteiger partial charge < -0.3 is 14.8 Å². The van der Waals surface area contributed by atoms with E-state index in [1.807, 2.05) is 31.2 Å². The van der Waals surface area contributed by atoms with Crippen LogP contribution in [0.3, 0.4) is 0 Å². The van der Waals surface area contributed by atoms with Gasteiger partial charge in [-0.15, -0.1) is 0 Å².